The van der Waals surface area contributed by atoms with Crippen LogP contribution in [-0.4, -0.2) is 47.4 Å². The summed E-state index contributed by atoms with van der Waals surface area (Å²) in [5, 5.41) is 17.1. The largest absolute Gasteiger partial charge is 0.478 e. The number of aliphatic carboxylic acids is 1. The summed E-state index contributed by atoms with van der Waals surface area (Å²) in [7, 11) is 0. The third kappa shape index (κ3) is 13.8. The summed E-state index contributed by atoms with van der Waals surface area (Å²) in [5.41, 5.74) is 0.176. The van der Waals surface area contributed by atoms with Crippen molar-refractivity contribution >= 4 is 17.9 Å². The van der Waals surface area contributed by atoms with Gasteiger partial charge in [-0.15, -0.1) is 0 Å². The molecule has 0 bridgehead atoms. The second kappa shape index (κ2) is 12.6. The zero-order chi connectivity index (χ0) is 16.8. The van der Waals surface area contributed by atoms with E-state index in [1.807, 2.05) is 0 Å². The number of carboxylic acid groups (broad SMARTS) is 1. The molecular formula is C14H20O7. The van der Waals surface area contributed by atoms with Gasteiger partial charge in [-0.1, -0.05) is 31.9 Å². The van der Waals surface area contributed by atoms with Gasteiger partial charge in [-0.25, -0.2) is 9.59 Å². The lowest BCUT2D eigenvalue weighted by Crippen LogP contribution is -2.26. The highest BCUT2D eigenvalue weighted by Crippen LogP contribution is 1.98. The van der Waals surface area contributed by atoms with Crippen molar-refractivity contribution in [2.24, 2.45) is 0 Å². The first-order valence-electron chi connectivity index (χ1n) is 5.87. The van der Waals surface area contributed by atoms with E-state index in [2.05, 4.69) is 29.2 Å². The van der Waals surface area contributed by atoms with E-state index in [9.17, 15) is 19.5 Å². The van der Waals surface area contributed by atoms with Crippen molar-refractivity contribution in [1.82, 2.24) is 0 Å². The molecule has 0 aliphatic heterocycles. The molecule has 0 heterocycles. The fourth-order valence-electron chi connectivity index (χ4n) is 0.689. The molecule has 0 aliphatic rings. The molecular weight excluding hydrogens is 280 g/mol. The minimum atomic E-state index is -1.50. The first-order valence-corrected chi connectivity index (χ1v) is 5.87. The van der Waals surface area contributed by atoms with Gasteiger partial charge in [-0.3, -0.25) is 4.79 Å². The SMILES string of the molecule is C=C(C)C(=O)O.C=CCOC(=O)CC(O)C(=O)OCC=C. The Hall–Kier alpha value is -2.41. The van der Waals surface area contributed by atoms with Gasteiger partial charge in [0.1, 0.15) is 13.2 Å². The van der Waals surface area contributed by atoms with E-state index < -0.39 is 30.4 Å². The number of rotatable bonds is 8. The van der Waals surface area contributed by atoms with Crippen molar-refractivity contribution in [3.63, 3.8) is 0 Å². The summed E-state index contributed by atoms with van der Waals surface area (Å²) in [6.07, 6.45) is 0.826. The van der Waals surface area contributed by atoms with E-state index >= 15 is 0 Å². The Bertz CT molecular complexity index is 386. The molecule has 0 spiro atoms. The predicted octanol–water partition coefficient (Wildman–Crippen LogP) is 0.843. The van der Waals surface area contributed by atoms with Crippen LogP contribution in [0.4, 0.5) is 0 Å². The van der Waals surface area contributed by atoms with Crippen LogP contribution in [0.15, 0.2) is 37.5 Å². The maximum atomic E-state index is 11.0. The van der Waals surface area contributed by atoms with Gasteiger partial charge in [0.2, 0.25) is 0 Å². The average molecular weight is 300 g/mol. The number of carboxylic acids is 1. The van der Waals surface area contributed by atoms with Gasteiger partial charge < -0.3 is 19.7 Å². The Balaban J connectivity index is 0. The number of aliphatic hydroxyl groups is 1. The highest BCUT2D eigenvalue weighted by molar-refractivity contribution is 5.84. The molecule has 0 aliphatic carbocycles. The van der Waals surface area contributed by atoms with Crippen LogP contribution >= 0.6 is 0 Å². The maximum Gasteiger partial charge on any atom is 0.335 e. The molecule has 0 rings (SSSR count). The smallest absolute Gasteiger partial charge is 0.335 e. The first-order chi connectivity index (χ1) is 9.76. The number of esters is 2. The number of aliphatic hydroxyl groups excluding tert-OH is 1. The van der Waals surface area contributed by atoms with E-state index in [1.165, 1.54) is 19.1 Å². The van der Waals surface area contributed by atoms with Crippen molar-refractivity contribution in [3.8, 4) is 0 Å². The molecule has 0 saturated carbocycles. The highest BCUT2D eigenvalue weighted by atomic mass is 16.6. The van der Waals surface area contributed by atoms with Crippen molar-refractivity contribution in [1.29, 1.82) is 0 Å². The maximum absolute atomic E-state index is 11.0. The summed E-state index contributed by atoms with van der Waals surface area (Å²) in [4.78, 5) is 31.5. The van der Waals surface area contributed by atoms with E-state index in [-0.39, 0.29) is 18.8 Å². The van der Waals surface area contributed by atoms with Crippen LogP contribution in [0.3, 0.4) is 0 Å². The van der Waals surface area contributed by atoms with E-state index in [0.29, 0.717) is 0 Å². The Labute approximate surface area is 123 Å². The van der Waals surface area contributed by atoms with Gasteiger partial charge in [0.15, 0.2) is 6.10 Å². The summed E-state index contributed by atoms with van der Waals surface area (Å²) in [6, 6.07) is 0. The van der Waals surface area contributed by atoms with E-state index in [4.69, 9.17) is 5.11 Å². The molecule has 0 aromatic heterocycles. The molecule has 7 nitrogen and oxygen atoms in total. The third-order valence-corrected chi connectivity index (χ3v) is 1.70. The number of hydrogen-bond donors (Lipinski definition) is 2. The topological polar surface area (TPSA) is 110 Å². The van der Waals surface area contributed by atoms with Crippen molar-refractivity contribution in [2.45, 2.75) is 19.4 Å². The molecule has 0 amide bonds. The fraction of sp³-hybridized carbons (Fsp3) is 0.357. The normalized spacial score (nSPS) is 10.2. The molecule has 1 atom stereocenters. The fourth-order valence-corrected chi connectivity index (χ4v) is 0.689. The number of carbonyl (C=O) groups excluding carboxylic acids is 2. The molecule has 0 radical (unpaired) electrons. The lowest BCUT2D eigenvalue weighted by atomic mass is 10.2. The van der Waals surface area contributed by atoms with Crippen molar-refractivity contribution in [3.05, 3.63) is 37.5 Å². The first kappa shape index (κ1) is 20.9. The monoisotopic (exact) mass is 300 g/mol. The Morgan fingerprint density at radius 2 is 1.57 bits per heavy atom. The van der Waals surface area contributed by atoms with Crippen molar-refractivity contribution < 1.29 is 34.1 Å². The summed E-state index contributed by atoms with van der Waals surface area (Å²) in [6.45, 7) is 11.3. The summed E-state index contributed by atoms with van der Waals surface area (Å²) < 4.78 is 9.09. The van der Waals surface area contributed by atoms with E-state index in [0.717, 1.165) is 0 Å². The Morgan fingerprint density at radius 3 is 1.95 bits per heavy atom. The number of ether oxygens (including phenoxy) is 2. The number of carbonyl (C=O) groups is 3. The van der Waals surface area contributed by atoms with Crippen molar-refractivity contribution in [2.75, 3.05) is 13.2 Å². The quantitative estimate of drug-likeness (QED) is 0.388. The Morgan fingerprint density at radius 1 is 1.14 bits per heavy atom. The third-order valence-electron chi connectivity index (χ3n) is 1.70. The zero-order valence-electron chi connectivity index (χ0n) is 11.9. The standard InChI is InChI=1S/C10H14O5.C4H6O2/c1-3-5-14-9(12)7-8(11)10(13)15-6-4-2;1-3(2)4(5)6/h3-4,8,11H,1-2,5-7H2;1H2,2H3,(H,5,6). The lowest BCUT2D eigenvalue weighted by molar-refractivity contribution is -0.158. The summed E-state index contributed by atoms with van der Waals surface area (Å²) >= 11 is 0. The van der Waals surface area contributed by atoms with Gasteiger partial charge in [0.25, 0.3) is 0 Å². The second-order valence-corrected chi connectivity index (χ2v) is 3.70. The van der Waals surface area contributed by atoms with Gasteiger partial charge in [0.05, 0.1) is 6.42 Å². The number of hydrogen-bond acceptors (Lipinski definition) is 6. The predicted molar refractivity (Wildman–Crippen MR) is 75.4 cm³/mol. The average Bonchev–Trinajstić information content (AvgIpc) is 2.42. The summed E-state index contributed by atoms with van der Waals surface area (Å²) in [5.74, 6) is -2.49. The molecule has 0 fully saturated rings. The minimum Gasteiger partial charge on any atom is -0.478 e. The van der Waals surface area contributed by atoms with E-state index in [1.54, 1.807) is 0 Å². The van der Waals surface area contributed by atoms with Crippen LogP contribution in [0.1, 0.15) is 13.3 Å². The van der Waals surface area contributed by atoms with Gasteiger partial charge in [-0.05, 0) is 6.92 Å². The molecule has 21 heavy (non-hydrogen) atoms. The zero-order valence-corrected chi connectivity index (χ0v) is 11.9. The second-order valence-electron chi connectivity index (χ2n) is 3.70. The van der Waals surface area contributed by atoms with Crippen LogP contribution in [0.5, 0.6) is 0 Å². The van der Waals surface area contributed by atoms with Crippen LogP contribution in [0, 0.1) is 0 Å². The minimum absolute atomic E-state index is 0.00238. The van der Waals surface area contributed by atoms with Gasteiger partial charge >= 0.3 is 17.9 Å². The molecule has 0 aromatic carbocycles. The molecule has 0 saturated heterocycles. The Kier molecular flexibility index (Phi) is 12.6. The molecule has 2 N–H and O–H groups in total. The van der Waals surface area contributed by atoms with Crippen LogP contribution in [0.2, 0.25) is 0 Å². The lowest BCUT2D eigenvalue weighted by Gasteiger charge is -2.08. The van der Waals surface area contributed by atoms with Crippen LogP contribution in [0.25, 0.3) is 0 Å². The molecule has 7 heteroatoms. The molecule has 1 unspecified atom stereocenters. The highest BCUT2D eigenvalue weighted by Gasteiger charge is 2.20. The molecule has 118 valence electrons. The van der Waals surface area contributed by atoms with Crippen LogP contribution in [-0.2, 0) is 23.9 Å². The van der Waals surface area contributed by atoms with Gasteiger partial charge in [-0.2, -0.15) is 0 Å². The van der Waals surface area contributed by atoms with Crippen LogP contribution < -0.4 is 0 Å². The molecule has 0 aromatic rings. The van der Waals surface area contributed by atoms with Gasteiger partial charge in [0, 0.05) is 5.57 Å².